The molecule has 6 nitrogen and oxygen atoms in total. The maximum absolute atomic E-state index is 13.3. The Bertz CT molecular complexity index is 1110. The molecule has 0 unspecified atom stereocenters. The average molecular weight is 428 g/mol. The lowest BCUT2D eigenvalue weighted by Gasteiger charge is -2.33. The van der Waals surface area contributed by atoms with Crippen molar-refractivity contribution in [2.75, 3.05) is 19.9 Å². The minimum atomic E-state index is -3.23. The molecule has 0 saturated carbocycles. The quantitative estimate of drug-likeness (QED) is 0.701. The molecule has 2 aromatic carbocycles. The van der Waals surface area contributed by atoms with Crippen LogP contribution in [-0.2, 0) is 38.8 Å². The summed E-state index contributed by atoms with van der Waals surface area (Å²) in [5.41, 5.74) is 3.33. The highest BCUT2D eigenvalue weighted by Crippen LogP contribution is 2.44. The van der Waals surface area contributed by atoms with Crippen LogP contribution >= 0.6 is 0 Å². The van der Waals surface area contributed by atoms with E-state index in [1.165, 1.54) is 13.4 Å². The standard InChI is InChI=1S/C23H25NO5S/c1-29-21(25)18-5-6-19-14-23(10-9-17(19)13-18)11-12-24(22(23)26)15-16-3-7-20(8-4-16)30(2,27)28/h3-8,13H,9-12,14-15H2,1-2H3/t23-/m0/s1. The normalized spacial score (nSPS) is 21.0. The van der Waals surface area contributed by atoms with Crippen LogP contribution < -0.4 is 0 Å². The zero-order valence-electron chi connectivity index (χ0n) is 17.2. The van der Waals surface area contributed by atoms with Crippen molar-refractivity contribution in [2.24, 2.45) is 5.41 Å². The molecule has 7 heteroatoms. The van der Waals surface area contributed by atoms with Crippen molar-refractivity contribution in [3.63, 3.8) is 0 Å². The highest BCUT2D eigenvalue weighted by Gasteiger charge is 2.48. The van der Waals surface area contributed by atoms with Crippen molar-refractivity contribution in [3.8, 4) is 0 Å². The lowest BCUT2D eigenvalue weighted by molar-refractivity contribution is -0.137. The molecule has 158 valence electrons. The number of methoxy groups -OCH3 is 1. The number of carbonyl (C=O) groups is 2. The van der Waals surface area contributed by atoms with Crippen LogP contribution in [0.3, 0.4) is 0 Å². The molecule has 0 bridgehead atoms. The van der Waals surface area contributed by atoms with Crippen LogP contribution in [0.25, 0.3) is 0 Å². The van der Waals surface area contributed by atoms with E-state index in [0.29, 0.717) is 25.1 Å². The molecule has 1 aliphatic heterocycles. The summed E-state index contributed by atoms with van der Waals surface area (Å²) >= 11 is 0. The van der Waals surface area contributed by atoms with Gasteiger partial charge in [-0.1, -0.05) is 18.2 Å². The molecule has 4 rings (SSSR count). The highest BCUT2D eigenvalue weighted by molar-refractivity contribution is 7.90. The second-order valence-electron chi connectivity index (χ2n) is 8.33. The van der Waals surface area contributed by atoms with Crippen LogP contribution in [0.4, 0.5) is 0 Å². The first-order valence-corrected chi connectivity index (χ1v) is 11.9. The maximum Gasteiger partial charge on any atom is 0.337 e. The Morgan fingerprint density at radius 1 is 1.10 bits per heavy atom. The molecule has 0 radical (unpaired) electrons. The fourth-order valence-electron chi connectivity index (χ4n) is 4.60. The molecule has 0 aromatic heterocycles. The molecule has 1 fully saturated rings. The molecular formula is C23H25NO5S. The minimum absolute atomic E-state index is 0.164. The largest absolute Gasteiger partial charge is 0.465 e. The van der Waals surface area contributed by atoms with Crippen LogP contribution in [0.5, 0.6) is 0 Å². The second-order valence-corrected chi connectivity index (χ2v) is 10.3. The number of likely N-dealkylation sites (tertiary alicyclic amines) is 1. The molecule has 1 amide bonds. The summed E-state index contributed by atoms with van der Waals surface area (Å²) in [5.74, 6) is -0.180. The SMILES string of the molecule is COC(=O)c1ccc2c(c1)CC[C@]1(CCN(Cc3ccc(S(C)(=O)=O)cc3)C1=O)C2. The average Bonchev–Trinajstić information content (AvgIpc) is 3.02. The molecule has 1 atom stereocenters. The summed E-state index contributed by atoms with van der Waals surface area (Å²) < 4.78 is 28.1. The number of amides is 1. The van der Waals surface area contributed by atoms with Gasteiger partial charge in [-0.05, 0) is 66.6 Å². The number of ether oxygens (including phenoxy) is 1. The number of aryl methyl sites for hydroxylation is 1. The fourth-order valence-corrected chi connectivity index (χ4v) is 5.24. The Morgan fingerprint density at radius 2 is 1.83 bits per heavy atom. The van der Waals surface area contributed by atoms with Gasteiger partial charge in [0, 0.05) is 19.3 Å². The van der Waals surface area contributed by atoms with Crippen molar-refractivity contribution >= 4 is 21.7 Å². The Labute approximate surface area is 176 Å². The van der Waals surface area contributed by atoms with E-state index in [4.69, 9.17) is 4.74 Å². The topological polar surface area (TPSA) is 80.8 Å². The molecular weight excluding hydrogens is 402 g/mol. The summed E-state index contributed by atoms with van der Waals surface area (Å²) in [6, 6.07) is 12.3. The summed E-state index contributed by atoms with van der Waals surface area (Å²) in [6.45, 7) is 1.18. The van der Waals surface area contributed by atoms with E-state index in [2.05, 4.69) is 0 Å². The van der Waals surface area contributed by atoms with E-state index >= 15 is 0 Å². The third kappa shape index (κ3) is 3.74. The number of hydrogen-bond acceptors (Lipinski definition) is 5. The number of hydrogen-bond donors (Lipinski definition) is 0. The number of carbonyl (C=O) groups excluding carboxylic acids is 2. The van der Waals surface area contributed by atoms with E-state index in [9.17, 15) is 18.0 Å². The fraction of sp³-hybridized carbons (Fsp3) is 0.391. The number of fused-ring (bicyclic) bond motifs is 1. The van der Waals surface area contributed by atoms with Gasteiger partial charge < -0.3 is 9.64 Å². The van der Waals surface area contributed by atoms with E-state index in [-0.39, 0.29) is 22.2 Å². The summed E-state index contributed by atoms with van der Waals surface area (Å²) in [6.07, 6.45) is 4.22. The van der Waals surface area contributed by atoms with Gasteiger partial charge in [-0.3, -0.25) is 4.79 Å². The second kappa shape index (κ2) is 7.54. The third-order valence-electron chi connectivity index (χ3n) is 6.36. The first-order chi connectivity index (χ1) is 14.2. The Kier molecular flexibility index (Phi) is 5.18. The van der Waals surface area contributed by atoms with E-state index in [1.807, 2.05) is 17.0 Å². The predicted molar refractivity (Wildman–Crippen MR) is 112 cm³/mol. The number of sulfone groups is 1. The van der Waals surface area contributed by atoms with Crippen molar-refractivity contribution in [3.05, 3.63) is 64.7 Å². The summed E-state index contributed by atoms with van der Waals surface area (Å²) in [7, 11) is -1.86. The molecule has 1 heterocycles. The highest BCUT2D eigenvalue weighted by atomic mass is 32.2. The van der Waals surface area contributed by atoms with Gasteiger partial charge in [-0.15, -0.1) is 0 Å². The first kappa shape index (κ1) is 20.6. The Balaban J connectivity index is 1.49. The van der Waals surface area contributed by atoms with Gasteiger partial charge in [0.15, 0.2) is 9.84 Å². The molecule has 1 spiro atoms. The molecule has 0 N–H and O–H groups in total. The molecule has 1 aliphatic carbocycles. The molecule has 30 heavy (non-hydrogen) atoms. The van der Waals surface area contributed by atoms with Crippen LogP contribution in [0, 0.1) is 5.41 Å². The number of esters is 1. The first-order valence-electron chi connectivity index (χ1n) is 10.0. The lowest BCUT2D eigenvalue weighted by atomic mass is 9.70. The van der Waals surface area contributed by atoms with Gasteiger partial charge in [0.05, 0.1) is 23.0 Å². The van der Waals surface area contributed by atoms with E-state index in [0.717, 1.165) is 36.0 Å². The maximum atomic E-state index is 13.3. The monoisotopic (exact) mass is 427 g/mol. The molecule has 2 aliphatic rings. The van der Waals surface area contributed by atoms with Gasteiger partial charge in [0.2, 0.25) is 5.91 Å². The van der Waals surface area contributed by atoms with Gasteiger partial charge in [-0.2, -0.15) is 0 Å². The van der Waals surface area contributed by atoms with Crippen molar-refractivity contribution < 1.29 is 22.7 Å². The zero-order valence-corrected chi connectivity index (χ0v) is 18.0. The van der Waals surface area contributed by atoms with Gasteiger partial charge in [0.25, 0.3) is 0 Å². The van der Waals surface area contributed by atoms with Crippen LogP contribution in [0.1, 0.15) is 39.9 Å². The Morgan fingerprint density at radius 3 is 2.50 bits per heavy atom. The third-order valence-corrected chi connectivity index (χ3v) is 7.48. The van der Waals surface area contributed by atoms with Crippen molar-refractivity contribution in [1.29, 1.82) is 0 Å². The number of benzene rings is 2. The van der Waals surface area contributed by atoms with Crippen molar-refractivity contribution in [1.82, 2.24) is 4.90 Å². The van der Waals surface area contributed by atoms with Gasteiger partial charge in [-0.25, -0.2) is 13.2 Å². The lowest BCUT2D eigenvalue weighted by Crippen LogP contribution is -2.38. The molecule has 1 saturated heterocycles. The van der Waals surface area contributed by atoms with Crippen LogP contribution in [0.15, 0.2) is 47.4 Å². The van der Waals surface area contributed by atoms with Gasteiger partial charge >= 0.3 is 5.97 Å². The van der Waals surface area contributed by atoms with Crippen molar-refractivity contribution in [2.45, 2.75) is 37.1 Å². The minimum Gasteiger partial charge on any atom is -0.465 e. The summed E-state index contributed by atoms with van der Waals surface area (Å²) in [5, 5.41) is 0. The predicted octanol–water partition coefficient (Wildman–Crippen LogP) is 2.78. The number of nitrogens with zero attached hydrogens (tertiary/aromatic N) is 1. The summed E-state index contributed by atoms with van der Waals surface area (Å²) in [4.78, 5) is 27.2. The molecule has 2 aromatic rings. The van der Waals surface area contributed by atoms with E-state index in [1.54, 1.807) is 30.3 Å². The zero-order chi connectivity index (χ0) is 21.5. The Hall–Kier alpha value is -2.67. The van der Waals surface area contributed by atoms with Gasteiger partial charge in [0.1, 0.15) is 0 Å². The van der Waals surface area contributed by atoms with Crippen LogP contribution in [-0.4, -0.2) is 45.1 Å². The van der Waals surface area contributed by atoms with Crippen LogP contribution in [0.2, 0.25) is 0 Å². The smallest absolute Gasteiger partial charge is 0.337 e. The number of rotatable bonds is 4. The van der Waals surface area contributed by atoms with E-state index < -0.39 is 9.84 Å².